The van der Waals surface area contributed by atoms with Crippen molar-refractivity contribution in [1.29, 1.82) is 0 Å². The van der Waals surface area contributed by atoms with Gasteiger partial charge in [-0.25, -0.2) is 9.97 Å². The zero-order chi connectivity index (χ0) is 16.8. The molecule has 6 nitrogen and oxygen atoms in total. The molecule has 0 aliphatic rings. The number of nitrogens with one attached hydrogen (secondary N) is 2. The molecule has 23 heavy (non-hydrogen) atoms. The van der Waals surface area contributed by atoms with Gasteiger partial charge in [0.25, 0.3) is 5.91 Å². The Morgan fingerprint density at radius 1 is 1.17 bits per heavy atom. The molecular formula is C17H23N5O. The van der Waals surface area contributed by atoms with Gasteiger partial charge in [0.15, 0.2) is 0 Å². The maximum atomic E-state index is 12.2. The standard InChI is InChI=1S/C17H23N5O/c1-5-12(2)20-16-11-18-15(10-19-16)17(23)21-13-6-8-14(9-7-13)22(3)4/h6-12H,5H2,1-4H3,(H,19,20)(H,21,23). The molecule has 2 aromatic rings. The fourth-order valence-electron chi connectivity index (χ4n) is 1.91. The summed E-state index contributed by atoms with van der Waals surface area (Å²) in [6.07, 6.45) is 4.05. The van der Waals surface area contributed by atoms with Crippen LogP contribution in [0.1, 0.15) is 30.8 Å². The minimum atomic E-state index is -0.273. The van der Waals surface area contributed by atoms with E-state index in [0.29, 0.717) is 11.9 Å². The van der Waals surface area contributed by atoms with Gasteiger partial charge in [-0.05, 0) is 37.6 Å². The second kappa shape index (κ2) is 7.58. The first-order valence-corrected chi connectivity index (χ1v) is 7.67. The third-order valence-electron chi connectivity index (χ3n) is 3.53. The molecule has 1 aromatic carbocycles. The molecule has 0 saturated carbocycles. The minimum Gasteiger partial charge on any atom is -0.378 e. The largest absolute Gasteiger partial charge is 0.378 e. The van der Waals surface area contributed by atoms with Crippen LogP contribution in [0, 0.1) is 0 Å². The Balaban J connectivity index is 2.00. The van der Waals surface area contributed by atoms with Gasteiger partial charge in [-0.1, -0.05) is 6.92 Å². The van der Waals surface area contributed by atoms with Crippen LogP contribution in [-0.4, -0.2) is 36.0 Å². The van der Waals surface area contributed by atoms with Crippen LogP contribution >= 0.6 is 0 Å². The molecule has 1 heterocycles. The van der Waals surface area contributed by atoms with Crippen molar-refractivity contribution in [3.05, 3.63) is 42.4 Å². The molecule has 1 atom stereocenters. The maximum absolute atomic E-state index is 12.2. The lowest BCUT2D eigenvalue weighted by molar-refractivity contribution is 0.102. The molecule has 0 bridgehead atoms. The van der Waals surface area contributed by atoms with E-state index >= 15 is 0 Å². The first-order valence-electron chi connectivity index (χ1n) is 7.67. The van der Waals surface area contributed by atoms with E-state index in [-0.39, 0.29) is 11.6 Å². The Morgan fingerprint density at radius 2 is 1.87 bits per heavy atom. The lowest BCUT2D eigenvalue weighted by atomic mass is 10.2. The molecule has 1 aromatic heterocycles. The highest BCUT2D eigenvalue weighted by Crippen LogP contribution is 2.16. The molecule has 122 valence electrons. The summed E-state index contributed by atoms with van der Waals surface area (Å²) in [7, 11) is 3.94. The Kier molecular flexibility index (Phi) is 5.51. The van der Waals surface area contributed by atoms with Crippen LogP contribution in [0.15, 0.2) is 36.7 Å². The van der Waals surface area contributed by atoms with E-state index in [1.807, 2.05) is 43.3 Å². The Hall–Kier alpha value is -2.63. The van der Waals surface area contributed by atoms with Crippen LogP contribution in [0.5, 0.6) is 0 Å². The molecule has 1 amide bonds. The van der Waals surface area contributed by atoms with Gasteiger partial charge in [0.1, 0.15) is 11.5 Å². The van der Waals surface area contributed by atoms with Gasteiger partial charge in [-0.3, -0.25) is 4.79 Å². The summed E-state index contributed by atoms with van der Waals surface area (Å²) < 4.78 is 0. The fraction of sp³-hybridized carbons (Fsp3) is 0.353. The van der Waals surface area contributed by atoms with Crippen LogP contribution < -0.4 is 15.5 Å². The van der Waals surface area contributed by atoms with Crippen molar-refractivity contribution in [1.82, 2.24) is 9.97 Å². The Bertz CT molecular complexity index is 637. The number of carbonyl (C=O) groups is 1. The molecule has 2 N–H and O–H groups in total. The molecule has 0 saturated heterocycles. The highest BCUT2D eigenvalue weighted by atomic mass is 16.1. The number of hydrogen-bond acceptors (Lipinski definition) is 5. The molecule has 0 fully saturated rings. The molecule has 0 aliphatic heterocycles. The zero-order valence-corrected chi connectivity index (χ0v) is 14.0. The quantitative estimate of drug-likeness (QED) is 0.858. The normalized spacial score (nSPS) is 11.7. The van der Waals surface area contributed by atoms with Crippen LogP contribution in [0.3, 0.4) is 0 Å². The Labute approximate surface area is 137 Å². The van der Waals surface area contributed by atoms with Gasteiger partial charge in [0.2, 0.25) is 0 Å². The van der Waals surface area contributed by atoms with E-state index in [0.717, 1.165) is 17.8 Å². The van der Waals surface area contributed by atoms with Crippen LogP contribution in [-0.2, 0) is 0 Å². The van der Waals surface area contributed by atoms with Crippen molar-refractivity contribution in [2.75, 3.05) is 29.6 Å². The first-order chi connectivity index (χ1) is 11.0. The zero-order valence-electron chi connectivity index (χ0n) is 14.0. The second-order valence-corrected chi connectivity index (χ2v) is 5.64. The lowest BCUT2D eigenvalue weighted by Crippen LogP contribution is -2.17. The van der Waals surface area contributed by atoms with E-state index in [4.69, 9.17) is 0 Å². The highest BCUT2D eigenvalue weighted by Gasteiger charge is 2.09. The monoisotopic (exact) mass is 313 g/mol. The SMILES string of the molecule is CCC(C)Nc1cnc(C(=O)Nc2ccc(N(C)C)cc2)cn1. The topological polar surface area (TPSA) is 70.2 Å². The summed E-state index contributed by atoms with van der Waals surface area (Å²) in [4.78, 5) is 22.6. The van der Waals surface area contributed by atoms with Crippen molar-refractivity contribution in [2.24, 2.45) is 0 Å². The minimum absolute atomic E-state index is 0.273. The Morgan fingerprint density at radius 3 is 2.39 bits per heavy atom. The van der Waals surface area contributed by atoms with Gasteiger partial charge in [0, 0.05) is 31.5 Å². The smallest absolute Gasteiger partial charge is 0.275 e. The number of hydrogen-bond donors (Lipinski definition) is 2. The summed E-state index contributed by atoms with van der Waals surface area (Å²) in [5.74, 6) is 0.399. The molecule has 1 unspecified atom stereocenters. The van der Waals surface area contributed by atoms with Gasteiger partial charge in [-0.2, -0.15) is 0 Å². The number of rotatable bonds is 6. The number of amides is 1. The van der Waals surface area contributed by atoms with Gasteiger partial charge < -0.3 is 15.5 Å². The molecule has 0 radical (unpaired) electrons. The average molecular weight is 313 g/mol. The predicted molar refractivity (Wildman–Crippen MR) is 94.1 cm³/mol. The summed E-state index contributed by atoms with van der Waals surface area (Å²) in [6, 6.07) is 7.93. The van der Waals surface area contributed by atoms with Gasteiger partial charge >= 0.3 is 0 Å². The maximum Gasteiger partial charge on any atom is 0.275 e. The van der Waals surface area contributed by atoms with E-state index < -0.39 is 0 Å². The van der Waals surface area contributed by atoms with E-state index in [9.17, 15) is 4.79 Å². The molecule has 6 heteroatoms. The van der Waals surface area contributed by atoms with Gasteiger partial charge in [-0.15, -0.1) is 0 Å². The van der Waals surface area contributed by atoms with E-state index in [1.165, 1.54) is 6.20 Å². The van der Waals surface area contributed by atoms with Gasteiger partial charge in [0.05, 0.1) is 12.4 Å². The van der Waals surface area contributed by atoms with E-state index in [1.54, 1.807) is 6.20 Å². The molecule has 0 spiro atoms. The summed E-state index contributed by atoms with van der Waals surface area (Å²) >= 11 is 0. The van der Waals surface area contributed by atoms with Crippen LogP contribution in [0.4, 0.5) is 17.2 Å². The van der Waals surface area contributed by atoms with Crippen molar-refractivity contribution in [2.45, 2.75) is 26.3 Å². The average Bonchev–Trinajstić information content (AvgIpc) is 2.55. The third kappa shape index (κ3) is 4.67. The second-order valence-electron chi connectivity index (χ2n) is 5.64. The third-order valence-corrected chi connectivity index (χ3v) is 3.53. The molecule has 2 rings (SSSR count). The number of anilines is 3. The first kappa shape index (κ1) is 16.7. The predicted octanol–water partition coefficient (Wildman–Crippen LogP) is 3.01. The number of carbonyl (C=O) groups excluding carboxylic acids is 1. The fourth-order valence-corrected chi connectivity index (χ4v) is 1.91. The summed E-state index contributed by atoms with van der Waals surface area (Å²) in [5, 5.41) is 6.03. The van der Waals surface area contributed by atoms with E-state index in [2.05, 4.69) is 34.4 Å². The van der Waals surface area contributed by atoms with Crippen molar-refractivity contribution in [3.8, 4) is 0 Å². The lowest BCUT2D eigenvalue weighted by Gasteiger charge is -2.13. The summed E-state index contributed by atoms with van der Waals surface area (Å²) in [5.41, 5.74) is 2.09. The summed E-state index contributed by atoms with van der Waals surface area (Å²) in [6.45, 7) is 4.16. The number of benzene rings is 1. The van der Waals surface area contributed by atoms with Crippen molar-refractivity contribution >= 4 is 23.1 Å². The number of nitrogens with zero attached hydrogens (tertiary/aromatic N) is 3. The number of aromatic nitrogens is 2. The molecular weight excluding hydrogens is 290 g/mol. The molecule has 0 aliphatic carbocycles. The van der Waals surface area contributed by atoms with Crippen molar-refractivity contribution in [3.63, 3.8) is 0 Å². The van der Waals surface area contributed by atoms with Crippen molar-refractivity contribution < 1.29 is 4.79 Å². The van der Waals surface area contributed by atoms with Crippen LogP contribution in [0.2, 0.25) is 0 Å². The highest BCUT2D eigenvalue weighted by molar-refractivity contribution is 6.02. The van der Waals surface area contributed by atoms with Crippen LogP contribution in [0.25, 0.3) is 0 Å².